The van der Waals surface area contributed by atoms with E-state index in [4.69, 9.17) is 5.11 Å². The van der Waals surface area contributed by atoms with E-state index in [9.17, 15) is 9.59 Å². The minimum atomic E-state index is -0.300. The van der Waals surface area contributed by atoms with Gasteiger partial charge in [0.15, 0.2) is 0 Å². The van der Waals surface area contributed by atoms with Gasteiger partial charge in [0.25, 0.3) is 5.56 Å². The van der Waals surface area contributed by atoms with Crippen molar-refractivity contribution in [3.63, 3.8) is 0 Å². The van der Waals surface area contributed by atoms with Crippen LogP contribution in [0, 0.1) is 11.8 Å². The van der Waals surface area contributed by atoms with Gasteiger partial charge in [-0.05, 0) is 13.0 Å². The fourth-order valence-electron chi connectivity index (χ4n) is 1.85. The molecule has 0 aliphatic rings. The number of aryl methyl sites for hydroxylation is 1. The van der Waals surface area contributed by atoms with Gasteiger partial charge in [-0.2, -0.15) is 0 Å². The molecule has 0 spiro atoms. The molecular formula is C15H16N2O3S. The van der Waals surface area contributed by atoms with Crippen molar-refractivity contribution in [1.82, 2.24) is 9.13 Å². The second kappa shape index (κ2) is 7.07. The van der Waals surface area contributed by atoms with Crippen molar-refractivity contribution in [1.29, 1.82) is 0 Å². The van der Waals surface area contributed by atoms with Gasteiger partial charge in [0, 0.05) is 41.0 Å². The van der Waals surface area contributed by atoms with Crippen molar-refractivity contribution in [2.45, 2.75) is 26.4 Å². The standard InChI is InChI=1S/C15H16N2O3S/c1-2-16-7-6-14(19)17(15(16)20)10-13-9-12(11-21-13)5-3-4-8-18/h6-7,9,11,18H,2,4,8,10H2,1H3. The Morgan fingerprint density at radius 1 is 1.38 bits per heavy atom. The van der Waals surface area contributed by atoms with Crippen LogP contribution in [0.3, 0.4) is 0 Å². The number of aromatic nitrogens is 2. The van der Waals surface area contributed by atoms with Crippen molar-refractivity contribution >= 4 is 11.3 Å². The monoisotopic (exact) mass is 304 g/mol. The van der Waals surface area contributed by atoms with Crippen molar-refractivity contribution in [3.8, 4) is 11.8 Å². The first-order valence-corrected chi connectivity index (χ1v) is 7.51. The van der Waals surface area contributed by atoms with Crippen LogP contribution in [0.25, 0.3) is 0 Å². The summed E-state index contributed by atoms with van der Waals surface area (Å²) in [5.41, 5.74) is 0.237. The molecule has 0 saturated heterocycles. The molecule has 110 valence electrons. The Balaban J connectivity index is 2.26. The van der Waals surface area contributed by atoms with E-state index in [1.54, 1.807) is 0 Å². The number of hydrogen-bond acceptors (Lipinski definition) is 4. The van der Waals surface area contributed by atoms with E-state index in [-0.39, 0.29) is 24.4 Å². The molecule has 2 aromatic heterocycles. The zero-order valence-electron chi connectivity index (χ0n) is 11.7. The molecule has 0 amide bonds. The number of aliphatic hydroxyl groups is 1. The van der Waals surface area contributed by atoms with E-state index < -0.39 is 0 Å². The van der Waals surface area contributed by atoms with Crippen molar-refractivity contribution < 1.29 is 5.11 Å². The zero-order chi connectivity index (χ0) is 15.2. The maximum atomic E-state index is 12.1. The quantitative estimate of drug-likeness (QED) is 0.853. The van der Waals surface area contributed by atoms with E-state index in [0.717, 1.165) is 10.4 Å². The maximum absolute atomic E-state index is 12.1. The molecule has 0 unspecified atom stereocenters. The van der Waals surface area contributed by atoms with Gasteiger partial charge in [-0.1, -0.05) is 11.8 Å². The third-order valence-corrected chi connectivity index (χ3v) is 3.84. The first kappa shape index (κ1) is 15.3. The lowest BCUT2D eigenvalue weighted by Crippen LogP contribution is -2.38. The summed E-state index contributed by atoms with van der Waals surface area (Å²) >= 11 is 1.46. The Labute approximate surface area is 126 Å². The number of nitrogens with zero attached hydrogens (tertiary/aromatic N) is 2. The van der Waals surface area contributed by atoms with Gasteiger partial charge >= 0.3 is 5.69 Å². The van der Waals surface area contributed by atoms with Gasteiger partial charge in [0.1, 0.15) is 0 Å². The highest BCUT2D eigenvalue weighted by Crippen LogP contribution is 2.14. The second-order valence-corrected chi connectivity index (χ2v) is 5.38. The van der Waals surface area contributed by atoms with Crippen molar-refractivity contribution in [2.24, 2.45) is 0 Å². The molecule has 2 aromatic rings. The molecule has 6 heteroatoms. The summed E-state index contributed by atoms with van der Waals surface area (Å²) in [7, 11) is 0. The number of aliphatic hydroxyl groups excluding tert-OH is 1. The number of hydrogen-bond donors (Lipinski definition) is 1. The van der Waals surface area contributed by atoms with E-state index in [2.05, 4.69) is 11.8 Å². The molecule has 0 atom stereocenters. The van der Waals surface area contributed by atoms with Gasteiger partial charge in [-0.15, -0.1) is 11.3 Å². The Morgan fingerprint density at radius 2 is 2.19 bits per heavy atom. The van der Waals surface area contributed by atoms with E-state index in [1.807, 2.05) is 18.4 Å². The third kappa shape index (κ3) is 3.72. The summed E-state index contributed by atoms with van der Waals surface area (Å²) < 4.78 is 2.72. The molecule has 0 aromatic carbocycles. The Kier molecular flexibility index (Phi) is 5.14. The fourth-order valence-corrected chi connectivity index (χ4v) is 2.65. The lowest BCUT2D eigenvalue weighted by Gasteiger charge is -2.06. The Morgan fingerprint density at radius 3 is 2.90 bits per heavy atom. The largest absolute Gasteiger partial charge is 0.395 e. The second-order valence-electron chi connectivity index (χ2n) is 4.39. The van der Waals surface area contributed by atoms with Gasteiger partial charge in [-0.3, -0.25) is 9.36 Å². The van der Waals surface area contributed by atoms with Crippen LogP contribution in [-0.4, -0.2) is 20.8 Å². The minimum absolute atomic E-state index is 0.0416. The van der Waals surface area contributed by atoms with Gasteiger partial charge in [-0.25, -0.2) is 4.79 Å². The predicted molar refractivity (Wildman–Crippen MR) is 82.6 cm³/mol. The van der Waals surface area contributed by atoms with E-state index >= 15 is 0 Å². The smallest absolute Gasteiger partial charge is 0.331 e. The third-order valence-electron chi connectivity index (χ3n) is 2.92. The van der Waals surface area contributed by atoms with Crippen LogP contribution in [0.1, 0.15) is 23.8 Å². The molecule has 21 heavy (non-hydrogen) atoms. The summed E-state index contributed by atoms with van der Waals surface area (Å²) in [6, 6.07) is 3.27. The Bertz CT molecular complexity index is 789. The summed E-state index contributed by atoms with van der Waals surface area (Å²) in [5, 5.41) is 10.6. The average Bonchev–Trinajstić information content (AvgIpc) is 2.92. The molecule has 0 fully saturated rings. The highest BCUT2D eigenvalue weighted by Gasteiger charge is 2.06. The summed E-state index contributed by atoms with van der Waals surface area (Å²) in [4.78, 5) is 24.8. The zero-order valence-corrected chi connectivity index (χ0v) is 12.5. The number of thiophene rings is 1. The van der Waals surface area contributed by atoms with Crippen molar-refractivity contribution in [3.05, 3.63) is 55.0 Å². The van der Waals surface area contributed by atoms with Crippen LogP contribution in [-0.2, 0) is 13.1 Å². The van der Waals surface area contributed by atoms with E-state index in [1.165, 1.54) is 32.7 Å². The molecule has 0 bridgehead atoms. The predicted octanol–water partition coefficient (Wildman–Crippen LogP) is 0.874. The highest BCUT2D eigenvalue weighted by atomic mass is 32.1. The molecule has 1 N–H and O–H groups in total. The topological polar surface area (TPSA) is 64.2 Å². The van der Waals surface area contributed by atoms with Crippen LogP contribution < -0.4 is 11.2 Å². The minimum Gasteiger partial charge on any atom is -0.395 e. The molecule has 0 saturated carbocycles. The van der Waals surface area contributed by atoms with Crippen LogP contribution in [0.4, 0.5) is 0 Å². The molecule has 5 nitrogen and oxygen atoms in total. The summed E-state index contributed by atoms with van der Waals surface area (Å²) in [6.07, 6.45) is 1.95. The molecular weight excluding hydrogens is 288 g/mol. The molecule has 2 heterocycles. The SMILES string of the molecule is CCn1ccc(=O)n(Cc2cc(C#CCCO)cs2)c1=O. The highest BCUT2D eigenvalue weighted by molar-refractivity contribution is 7.10. The van der Waals surface area contributed by atoms with Gasteiger partial charge in [0.05, 0.1) is 13.2 Å². The normalized spacial score (nSPS) is 10.2. The lowest BCUT2D eigenvalue weighted by molar-refractivity contribution is 0.305. The summed E-state index contributed by atoms with van der Waals surface area (Å²) in [5.74, 6) is 5.78. The molecule has 0 aliphatic heterocycles. The molecule has 0 aliphatic carbocycles. The first-order chi connectivity index (χ1) is 10.2. The van der Waals surface area contributed by atoms with Crippen LogP contribution >= 0.6 is 11.3 Å². The van der Waals surface area contributed by atoms with Crippen LogP contribution in [0.2, 0.25) is 0 Å². The van der Waals surface area contributed by atoms with Crippen LogP contribution in [0.5, 0.6) is 0 Å². The maximum Gasteiger partial charge on any atom is 0.331 e. The Hall–Kier alpha value is -2.10. The van der Waals surface area contributed by atoms with E-state index in [0.29, 0.717) is 13.0 Å². The lowest BCUT2D eigenvalue weighted by atomic mass is 10.3. The number of rotatable bonds is 4. The van der Waals surface area contributed by atoms with Gasteiger partial charge in [0.2, 0.25) is 0 Å². The van der Waals surface area contributed by atoms with Gasteiger partial charge < -0.3 is 9.67 Å². The first-order valence-electron chi connectivity index (χ1n) is 6.63. The average molecular weight is 304 g/mol. The molecule has 0 radical (unpaired) electrons. The summed E-state index contributed by atoms with van der Waals surface area (Å²) in [6.45, 7) is 2.68. The van der Waals surface area contributed by atoms with Crippen molar-refractivity contribution in [2.75, 3.05) is 6.61 Å². The van der Waals surface area contributed by atoms with Crippen LogP contribution in [0.15, 0.2) is 33.3 Å². The fraction of sp³-hybridized carbons (Fsp3) is 0.333. The molecule has 2 rings (SSSR count).